The number of nitrogens with zero attached hydrogens (tertiary/aromatic N) is 2. The molecule has 0 atom stereocenters. The molecule has 0 bridgehead atoms. The molecule has 20 heavy (non-hydrogen) atoms. The Bertz CT molecular complexity index is 750. The highest BCUT2D eigenvalue weighted by atomic mass is 19.1. The molecule has 2 heterocycles. The molecule has 0 amide bonds. The van der Waals surface area contributed by atoms with Crippen molar-refractivity contribution in [3.8, 4) is 22.6 Å². The van der Waals surface area contributed by atoms with Crippen LogP contribution in [0.25, 0.3) is 22.6 Å². The Morgan fingerprint density at radius 3 is 2.15 bits per heavy atom. The third-order valence-corrected chi connectivity index (χ3v) is 2.66. The second-order valence-electron chi connectivity index (χ2n) is 4.13. The zero-order valence-electron chi connectivity index (χ0n) is 9.98. The number of benzene rings is 1. The molecule has 1 aromatic carbocycles. The van der Waals surface area contributed by atoms with Crippen molar-refractivity contribution < 1.29 is 17.7 Å². The lowest BCUT2D eigenvalue weighted by Crippen LogP contribution is -1.83. The molecule has 3 aromatic rings. The number of rotatable bonds is 2. The van der Waals surface area contributed by atoms with Crippen LogP contribution < -0.4 is 0 Å². The molecule has 2 aromatic heterocycles. The summed E-state index contributed by atoms with van der Waals surface area (Å²) >= 11 is 0. The van der Waals surface area contributed by atoms with Crippen LogP contribution in [0.3, 0.4) is 0 Å². The number of hydrogen-bond acceptors (Lipinski definition) is 3. The Balaban J connectivity index is 2.02. The molecule has 0 N–H and O–H groups in total. The third-order valence-electron chi connectivity index (χ3n) is 2.66. The van der Waals surface area contributed by atoms with Crippen LogP contribution in [0.1, 0.15) is 0 Å². The van der Waals surface area contributed by atoms with Crippen LogP contribution >= 0.6 is 0 Å². The van der Waals surface area contributed by atoms with Crippen molar-refractivity contribution in [3.05, 3.63) is 60.2 Å². The number of aromatic nitrogens is 2. The van der Waals surface area contributed by atoms with Crippen LogP contribution in [-0.4, -0.2) is 10.1 Å². The fourth-order valence-electron chi connectivity index (χ4n) is 1.80. The molecule has 0 spiro atoms. The van der Waals surface area contributed by atoms with Gasteiger partial charge in [0.1, 0.15) is 23.1 Å². The topological polar surface area (TPSA) is 38.9 Å². The second-order valence-corrected chi connectivity index (χ2v) is 4.13. The van der Waals surface area contributed by atoms with E-state index in [1.54, 1.807) is 0 Å². The van der Waals surface area contributed by atoms with Crippen LogP contribution in [-0.2, 0) is 0 Å². The first-order valence-electron chi connectivity index (χ1n) is 5.66. The Morgan fingerprint density at radius 1 is 0.750 bits per heavy atom. The zero-order chi connectivity index (χ0) is 14.1. The first-order valence-corrected chi connectivity index (χ1v) is 5.66. The van der Waals surface area contributed by atoms with E-state index in [-0.39, 0.29) is 11.3 Å². The van der Waals surface area contributed by atoms with Gasteiger partial charge in [0.2, 0.25) is 0 Å². The lowest BCUT2D eigenvalue weighted by atomic mass is 10.1. The number of halogens is 3. The molecular formula is C14H7F3N2O. The van der Waals surface area contributed by atoms with Crippen molar-refractivity contribution in [1.82, 2.24) is 10.1 Å². The SMILES string of the molecule is Fc1cncc(-c2cc(-c3cc(F)cc(F)c3)on2)c1. The summed E-state index contributed by atoms with van der Waals surface area (Å²) in [5.74, 6) is -1.76. The van der Waals surface area contributed by atoms with Crippen molar-refractivity contribution >= 4 is 0 Å². The van der Waals surface area contributed by atoms with E-state index in [1.807, 2.05) is 0 Å². The minimum Gasteiger partial charge on any atom is -0.356 e. The molecule has 0 radical (unpaired) electrons. The van der Waals surface area contributed by atoms with Gasteiger partial charge in [-0.3, -0.25) is 4.98 Å². The Kier molecular flexibility index (Phi) is 2.98. The van der Waals surface area contributed by atoms with E-state index in [2.05, 4.69) is 10.1 Å². The maximum absolute atomic E-state index is 13.1. The van der Waals surface area contributed by atoms with Gasteiger partial charge in [-0.25, -0.2) is 13.2 Å². The summed E-state index contributed by atoms with van der Waals surface area (Å²) in [5, 5.41) is 3.74. The summed E-state index contributed by atoms with van der Waals surface area (Å²) in [6, 6.07) is 5.71. The smallest absolute Gasteiger partial charge is 0.167 e. The van der Waals surface area contributed by atoms with Crippen LogP contribution in [0.15, 0.2) is 47.2 Å². The van der Waals surface area contributed by atoms with Crippen molar-refractivity contribution in [2.45, 2.75) is 0 Å². The summed E-state index contributed by atoms with van der Waals surface area (Å²) in [4.78, 5) is 3.69. The van der Waals surface area contributed by atoms with Gasteiger partial charge in [0.05, 0.1) is 6.20 Å². The fraction of sp³-hybridized carbons (Fsp3) is 0. The van der Waals surface area contributed by atoms with E-state index in [4.69, 9.17) is 4.52 Å². The first-order chi connectivity index (χ1) is 9.61. The molecule has 3 nitrogen and oxygen atoms in total. The summed E-state index contributed by atoms with van der Waals surface area (Å²) in [6.45, 7) is 0. The molecule has 0 saturated carbocycles. The highest BCUT2D eigenvalue weighted by molar-refractivity contribution is 5.66. The molecule has 100 valence electrons. The summed E-state index contributed by atoms with van der Waals surface area (Å²) in [7, 11) is 0. The molecular weight excluding hydrogens is 269 g/mol. The molecule has 3 rings (SSSR count). The van der Waals surface area contributed by atoms with Gasteiger partial charge in [0.15, 0.2) is 5.76 Å². The lowest BCUT2D eigenvalue weighted by Gasteiger charge is -1.96. The highest BCUT2D eigenvalue weighted by Gasteiger charge is 2.11. The maximum atomic E-state index is 13.1. The second kappa shape index (κ2) is 4.80. The van der Waals surface area contributed by atoms with E-state index in [0.717, 1.165) is 24.4 Å². The van der Waals surface area contributed by atoms with Crippen LogP contribution in [0.2, 0.25) is 0 Å². The Labute approximate surface area is 111 Å². The van der Waals surface area contributed by atoms with Crippen LogP contribution in [0, 0.1) is 17.5 Å². The van der Waals surface area contributed by atoms with Crippen LogP contribution in [0.4, 0.5) is 13.2 Å². The van der Waals surface area contributed by atoms with Crippen molar-refractivity contribution in [3.63, 3.8) is 0 Å². The number of hydrogen-bond donors (Lipinski definition) is 0. The first kappa shape index (κ1) is 12.4. The van der Waals surface area contributed by atoms with Gasteiger partial charge in [0.25, 0.3) is 0 Å². The molecule has 6 heteroatoms. The van der Waals surface area contributed by atoms with Crippen LogP contribution in [0.5, 0.6) is 0 Å². The largest absolute Gasteiger partial charge is 0.356 e. The van der Waals surface area contributed by atoms with Crippen molar-refractivity contribution in [2.75, 3.05) is 0 Å². The normalized spacial score (nSPS) is 10.8. The van der Waals surface area contributed by atoms with E-state index in [9.17, 15) is 13.2 Å². The van der Waals surface area contributed by atoms with Gasteiger partial charge in [-0.05, 0) is 18.2 Å². The van der Waals surface area contributed by atoms with E-state index >= 15 is 0 Å². The van der Waals surface area contributed by atoms with Gasteiger partial charge >= 0.3 is 0 Å². The van der Waals surface area contributed by atoms with Crippen molar-refractivity contribution in [1.29, 1.82) is 0 Å². The highest BCUT2D eigenvalue weighted by Crippen LogP contribution is 2.27. The quantitative estimate of drug-likeness (QED) is 0.714. The minimum absolute atomic E-state index is 0.183. The molecule has 0 aliphatic carbocycles. The van der Waals surface area contributed by atoms with Gasteiger partial charge in [-0.15, -0.1) is 0 Å². The molecule has 0 aliphatic rings. The number of pyridine rings is 1. The maximum Gasteiger partial charge on any atom is 0.167 e. The summed E-state index contributed by atoms with van der Waals surface area (Å²) in [6.07, 6.45) is 2.48. The van der Waals surface area contributed by atoms with E-state index in [1.165, 1.54) is 18.3 Å². The monoisotopic (exact) mass is 276 g/mol. The molecule has 0 fully saturated rings. The van der Waals surface area contributed by atoms with Crippen molar-refractivity contribution in [2.24, 2.45) is 0 Å². The average molecular weight is 276 g/mol. The average Bonchev–Trinajstić information content (AvgIpc) is 2.87. The lowest BCUT2D eigenvalue weighted by molar-refractivity contribution is 0.434. The van der Waals surface area contributed by atoms with Gasteiger partial charge in [0, 0.05) is 29.5 Å². The molecule has 0 saturated heterocycles. The Morgan fingerprint density at radius 2 is 1.45 bits per heavy atom. The zero-order valence-corrected chi connectivity index (χ0v) is 9.98. The van der Waals surface area contributed by atoms with Gasteiger partial charge in [-0.2, -0.15) is 0 Å². The van der Waals surface area contributed by atoms with Gasteiger partial charge in [-0.1, -0.05) is 5.16 Å². The standard InChI is InChI=1S/C14H7F3N2O/c15-10-1-8(2-11(16)4-10)14-5-13(19-20-14)9-3-12(17)7-18-6-9/h1-7H. The predicted molar refractivity (Wildman–Crippen MR) is 65.0 cm³/mol. The molecule has 0 aliphatic heterocycles. The predicted octanol–water partition coefficient (Wildman–Crippen LogP) is 3.82. The Hall–Kier alpha value is -2.63. The summed E-state index contributed by atoms with van der Waals surface area (Å²) < 4.78 is 44.4. The fourth-order valence-corrected chi connectivity index (χ4v) is 1.80. The minimum atomic E-state index is -0.717. The third kappa shape index (κ3) is 2.40. The van der Waals surface area contributed by atoms with Gasteiger partial charge < -0.3 is 4.52 Å². The van der Waals surface area contributed by atoms with E-state index < -0.39 is 17.5 Å². The van der Waals surface area contributed by atoms with E-state index in [0.29, 0.717) is 11.3 Å². The molecule has 0 unspecified atom stereocenters. The summed E-state index contributed by atoms with van der Waals surface area (Å²) in [5.41, 5.74) is 0.958.